The van der Waals surface area contributed by atoms with Crippen LogP contribution in [-0.2, 0) is 74.0 Å². The molecular formula is C45H52N4O12S3. The third-order valence-electron chi connectivity index (χ3n) is 11.8. The molecule has 2 aliphatic carbocycles. The van der Waals surface area contributed by atoms with E-state index in [0.29, 0.717) is 30.7 Å². The van der Waals surface area contributed by atoms with Crippen molar-refractivity contribution >= 4 is 63.8 Å². The Morgan fingerprint density at radius 2 is 1.94 bits per heavy atom. The lowest BCUT2D eigenvalue weighted by Crippen LogP contribution is -2.61. The number of aromatic amines is 1. The van der Waals surface area contributed by atoms with Gasteiger partial charge in [-0.25, -0.2) is 4.79 Å². The van der Waals surface area contributed by atoms with E-state index in [-0.39, 0.29) is 59.2 Å². The molecule has 2 saturated heterocycles. The number of aromatic nitrogens is 1. The van der Waals surface area contributed by atoms with Gasteiger partial charge in [-0.05, 0) is 90.0 Å². The SMILES string of the molecule is CCNC1COC(OC2C(O[C@H]3C#C/C=C\C#CC4=C(NC(=O)OC)C(=O)C[C@H](O)/C(=C/CS(C)(=S)=S)C43)OC(C)C(C(=O)C3=NCCc4c3[nH]c3ccc(O)cc43)C2O)CC1OC. The van der Waals surface area contributed by atoms with Crippen LogP contribution in [0, 0.1) is 35.5 Å². The number of methoxy groups -OCH3 is 2. The minimum absolute atomic E-state index is 0.0650. The van der Waals surface area contributed by atoms with Crippen molar-refractivity contribution in [2.45, 2.75) is 88.4 Å². The summed E-state index contributed by atoms with van der Waals surface area (Å²) in [4.78, 5) is 49.3. The number of aromatic hydroxyl groups is 1. The van der Waals surface area contributed by atoms with Crippen molar-refractivity contribution in [2.24, 2.45) is 16.8 Å². The van der Waals surface area contributed by atoms with Gasteiger partial charge in [0.05, 0.1) is 67.4 Å². The van der Waals surface area contributed by atoms with Gasteiger partial charge in [-0.3, -0.25) is 19.9 Å². The summed E-state index contributed by atoms with van der Waals surface area (Å²) in [7, 11) is 0.713. The van der Waals surface area contributed by atoms with E-state index in [1.165, 1.54) is 12.2 Å². The second-order valence-electron chi connectivity index (χ2n) is 16.1. The monoisotopic (exact) mass is 936 g/mol. The molecule has 2 fully saturated rings. The molecule has 7 rings (SSSR count). The molecule has 16 nitrogen and oxygen atoms in total. The van der Waals surface area contributed by atoms with E-state index in [9.17, 15) is 29.7 Å². The van der Waals surface area contributed by atoms with Crippen LogP contribution in [0.25, 0.3) is 10.9 Å². The molecule has 1 aromatic carbocycles. The summed E-state index contributed by atoms with van der Waals surface area (Å²) in [5.74, 6) is 8.63. The van der Waals surface area contributed by atoms with Gasteiger partial charge in [-0.2, -0.15) is 0 Å². The van der Waals surface area contributed by atoms with Gasteiger partial charge in [-0.15, -0.1) is 0 Å². The van der Waals surface area contributed by atoms with Crippen LogP contribution in [0.3, 0.4) is 0 Å². The van der Waals surface area contributed by atoms with E-state index < -0.39 is 86.2 Å². The fourth-order valence-electron chi connectivity index (χ4n) is 8.79. The molecular weight excluding hydrogens is 885 g/mol. The number of H-pyrrole nitrogens is 1. The van der Waals surface area contributed by atoms with Gasteiger partial charge in [0.1, 0.15) is 23.7 Å². The standard InChI is InChI=1S/C45H52N4O12S3/c1-6-46-30-22-58-35(21-34(30)56-3)61-43-42(54)36(41(53)40-39-25(15-17-47-40)28-19-24(50)13-14-29(28)48-39)23(2)59-44(43)60-33-12-10-8-7-9-11-27-37(33)26(16-18-64(5,62)63)31(51)20-32(52)38(27)49-45(55)57-4/h7-8,13-14,16,19,23,30-31,33-37,42-44,46,48,50-51,54H,6,15,17-18,20-22H2,1-5H3,(H,49,55)/b8-7-,26-16-/t23?,30?,31-,33-,34?,35?,36?,37?,42?,43?,44?/m0/s1. The van der Waals surface area contributed by atoms with Gasteiger partial charge in [0, 0.05) is 48.7 Å². The molecule has 64 heavy (non-hydrogen) atoms. The van der Waals surface area contributed by atoms with Crippen LogP contribution in [0.1, 0.15) is 37.9 Å². The maximum Gasteiger partial charge on any atom is 0.411 e. The van der Waals surface area contributed by atoms with Crippen LogP contribution in [-0.4, -0.2) is 145 Å². The van der Waals surface area contributed by atoms with E-state index in [2.05, 4.69) is 44.3 Å². The highest BCUT2D eigenvalue weighted by molar-refractivity contribution is 8.56. The molecule has 5 aliphatic rings. The van der Waals surface area contributed by atoms with Crippen molar-refractivity contribution in [1.29, 1.82) is 0 Å². The Hall–Kier alpha value is -4.35. The lowest BCUT2D eigenvalue weighted by atomic mass is 9.82. The quantitative estimate of drug-likeness (QED) is 0.132. The number of phenolic OH excluding ortho intramolecular Hbond substituents is 1. The number of Topliss-reactive ketones (excluding diaryl/α,β-unsaturated/α-hetero) is 2. The number of aliphatic hydroxyl groups is 2. The fourth-order valence-corrected chi connectivity index (χ4v) is 9.70. The summed E-state index contributed by atoms with van der Waals surface area (Å²) in [5.41, 5.74) is 2.25. The minimum atomic E-state index is -2.02. The summed E-state index contributed by atoms with van der Waals surface area (Å²) in [6.45, 7) is 4.78. The third-order valence-corrected chi connectivity index (χ3v) is 13.4. The summed E-state index contributed by atoms with van der Waals surface area (Å²) in [6.07, 6.45) is -3.76. The fraction of sp³-hybridized carbons (Fsp3) is 0.511. The van der Waals surface area contributed by atoms with Crippen molar-refractivity contribution in [3.8, 4) is 29.4 Å². The molecule has 0 saturated carbocycles. The lowest BCUT2D eigenvalue weighted by Gasteiger charge is -2.46. The van der Waals surface area contributed by atoms with Crippen molar-refractivity contribution in [3.05, 3.63) is 64.5 Å². The van der Waals surface area contributed by atoms with Crippen LogP contribution in [0.15, 0.2) is 58.3 Å². The van der Waals surface area contributed by atoms with Crippen LogP contribution >= 0.6 is 0 Å². The Labute approximate surface area is 381 Å². The van der Waals surface area contributed by atoms with Crippen molar-refractivity contribution in [1.82, 2.24) is 15.6 Å². The number of aliphatic imine (C=N–C) groups is 1. The molecule has 6 N–H and O–H groups in total. The molecule has 342 valence electrons. The number of phenols is 1. The van der Waals surface area contributed by atoms with Crippen LogP contribution < -0.4 is 10.6 Å². The second-order valence-corrected chi connectivity index (χ2v) is 23.3. The number of hydrogen-bond donors (Lipinski definition) is 6. The van der Waals surface area contributed by atoms with Gasteiger partial charge in [0.25, 0.3) is 0 Å². The summed E-state index contributed by atoms with van der Waals surface area (Å²) < 4.78 is 36.9. The number of amides is 1. The molecule has 2 aromatic rings. The van der Waals surface area contributed by atoms with E-state index >= 15 is 0 Å². The first kappa shape index (κ1) is 47.6. The highest BCUT2D eigenvalue weighted by atomic mass is 33.1. The Morgan fingerprint density at radius 1 is 1.16 bits per heavy atom. The van der Waals surface area contributed by atoms with Crippen molar-refractivity contribution < 1.29 is 58.1 Å². The highest BCUT2D eigenvalue weighted by Gasteiger charge is 2.52. The lowest BCUT2D eigenvalue weighted by molar-refractivity contribution is -0.331. The summed E-state index contributed by atoms with van der Waals surface area (Å²) >= 11 is 11.2. The number of ether oxygens (including phenoxy) is 6. The number of aliphatic hydroxyl groups excluding tert-OH is 2. The first-order valence-corrected chi connectivity index (χ1v) is 25.0. The minimum Gasteiger partial charge on any atom is -0.508 e. The Balaban J connectivity index is 1.30. The predicted molar refractivity (Wildman–Crippen MR) is 244 cm³/mol. The number of benzene rings is 1. The molecule has 0 spiro atoms. The number of fused-ring (bicyclic) bond motifs is 4. The zero-order valence-corrected chi connectivity index (χ0v) is 38.4. The van der Waals surface area contributed by atoms with Gasteiger partial charge < -0.3 is 54.0 Å². The van der Waals surface area contributed by atoms with Crippen molar-refractivity contribution in [2.75, 3.05) is 45.9 Å². The number of likely N-dealkylation sites (N-methyl/N-ethyl adjacent to an activating group) is 1. The van der Waals surface area contributed by atoms with Crippen molar-refractivity contribution in [3.63, 3.8) is 0 Å². The Morgan fingerprint density at radius 3 is 2.67 bits per heavy atom. The molecule has 19 heteroatoms. The largest absolute Gasteiger partial charge is 0.508 e. The number of nitrogens with one attached hydrogen (secondary N) is 3. The molecule has 1 amide bonds. The zero-order chi connectivity index (χ0) is 45.9. The van der Waals surface area contributed by atoms with Crippen LogP contribution in [0.2, 0.25) is 0 Å². The van der Waals surface area contributed by atoms with E-state index in [0.717, 1.165) is 18.1 Å². The van der Waals surface area contributed by atoms with Gasteiger partial charge in [0.2, 0.25) is 0 Å². The molecule has 0 bridgehead atoms. The molecule has 3 aliphatic heterocycles. The van der Waals surface area contributed by atoms with Gasteiger partial charge in [0.15, 0.2) is 24.1 Å². The molecule has 0 radical (unpaired) electrons. The number of hydrogen-bond acceptors (Lipinski definition) is 16. The number of allylic oxidation sites excluding steroid dienone is 3. The highest BCUT2D eigenvalue weighted by Crippen LogP contribution is 2.40. The van der Waals surface area contributed by atoms with E-state index in [4.69, 9.17) is 50.8 Å². The zero-order valence-electron chi connectivity index (χ0n) is 36.0. The third kappa shape index (κ3) is 10.4. The number of rotatable bonds is 12. The van der Waals surface area contributed by atoms with E-state index in [1.807, 2.05) is 6.92 Å². The number of ketones is 2. The van der Waals surface area contributed by atoms with Gasteiger partial charge in [-0.1, -0.05) is 43.8 Å². The molecule has 9 unspecified atom stereocenters. The first-order chi connectivity index (χ1) is 30.6. The van der Waals surface area contributed by atoms with Gasteiger partial charge >= 0.3 is 6.09 Å². The van der Waals surface area contributed by atoms with E-state index in [1.54, 1.807) is 44.6 Å². The molecule has 11 atom stereocenters. The van der Waals surface area contributed by atoms with Crippen LogP contribution in [0.5, 0.6) is 5.75 Å². The second kappa shape index (κ2) is 20.4. The summed E-state index contributed by atoms with van der Waals surface area (Å²) in [6, 6.07) is 4.77. The predicted octanol–water partition coefficient (Wildman–Crippen LogP) is 1.79. The normalized spacial score (nSPS) is 31.7. The maximum atomic E-state index is 14.8. The number of nitrogens with zero attached hydrogens (tertiary/aromatic N) is 1. The number of carbonyl (C=O) groups is 3. The Kier molecular flexibility index (Phi) is 15.2. The average molecular weight is 937 g/mol. The average Bonchev–Trinajstić information content (AvgIpc) is 3.63. The number of carbonyl (C=O) groups excluding carboxylic acids is 3. The molecule has 1 aromatic heterocycles. The number of alkyl carbamates (subject to hydrolysis) is 1. The first-order valence-electron chi connectivity index (χ1n) is 20.9. The smallest absolute Gasteiger partial charge is 0.411 e. The van der Waals surface area contributed by atoms with Crippen LogP contribution in [0.4, 0.5) is 4.79 Å². The topological polar surface area (TPSA) is 219 Å². The molecule has 4 heterocycles. The Bertz CT molecular complexity index is 2530. The maximum absolute atomic E-state index is 14.8. The summed E-state index contributed by atoms with van der Waals surface area (Å²) in [5, 5.41) is 41.2.